The third-order valence-corrected chi connectivity index (χ3v) is 3.37. The van der Waals surface area contributed by atoms with Crippen LogP contribution in [0.25, 0.3) is 0 Å². The third-order valence-electron chi connectivity index (χ3n) is 3.37. The smallest absolute Gasteiger partial charge is 0.119 e. The topological polar surface area (TPSA) is 61.7 Å². The van der Waals surface area contributed by atoms with Crippen LogP contribution in [0.1, 0.15) is 12.5 Å². The van der Waals surface area contributed by atoms with Gasteiger partial charge in [-0.15, -0.1) is 0 Å². The van der Waals surface area contributed by atoms with Gasteiger partial charge in [0.05, 0.1) is 0 Å². The van der Waals surface area contributed by atoms with Crippen molar-refractivity contribution in [3.8, 4) is 11.5 Å². The summed E-state index contributed by atoms with van der Waals surface area (Å²) in [6.07, 6.45) is 0.287. The number of hydrogen-bond acceptors (Lipinski definition) is 4. The van der Waals surface area contributed by atoms with E-state index in [1.54, 1.807) is 12.1 Å². The molecule has 2 rings (SSSR count). The average Bonchev–Trinajstić information content (AvgIpc) is 2.54. The average molecular weight is 301 g/mol. The first-order valence-corrected chi connectivity index (χ1v) is 7.50. The zero-order valence-corrected chi connectivity index (χ0v) is 12.8. The van der Waals surface area contributed by atoms with Crippen molar-refractivity contribution < 1.29 is 14.9 Å². The van der Waals surface area contributed by atoms with Crippen LogP contribution in [0.3, 0.4) is 0 Å². The maximum atomic E-state index is 9.94. The number of phenols is 1. The van der Waals surface area contributed by atoms with Gasteiger partial charge in [-0.05, 0) is 43.2 Å². The van der Waals surface area contributed by atoms with Gasteiger partial charge in [0.25, 0.3) is 0 Å². The molecule has 2 aromatic carbocycles. The molecule has 0 heterocycles. The molecular formula is C18H23NO3. The number of rotatable bonds is 8. The Kier molecular flexibility index (Phi) is 6.25. The Morgan fingerprint density at radius 1 is 1.05 bits per heavy atom. The van der Waals surface area contributed by atoms with Crippen LogP contribution in [-0.4, -0.2) is 35.5 Å². The summed E-state index contributed by atoms with van der Waals surface area (Å²) in [7, 11) is 0. The summed E-state index contributed by atoms with van der Waals surface area (Å²) >= 11 is 0. The zero-order valence-electron chi connectivity index (χ0n) is 12.8. The highest BCUT2D eigenvalue weighted by Gasteiger charge is 2.08. The summed E-state index contributed by atoms with van der Waals surface area (Å²) in [4.78, 5) is 0. The van der Waals surface area contributed by atoms with E-state index in [9.17, 15) is 10.2 Å². The van der Waals surface area contributed by atoms with Crippen LogP contribution in [-0.2, 0) is 6.42 Å². The molecule has 1 unspecified atom stereocenters. The van der Waals surface area contributed by atoms with Crippen LogP contribution in [0.4, 0.5) is 0 Å². The molecule has 0 radical (unpaired) electrons. The first-order chi connectivity index (χ1) is 10.6. The molecule has 0 amide bonds. The predicted molar refractivity (Wildman–Crippen MR) is 87.2 cm³/mol. The maximum absolute atomic E-state index is 9.94. The second-order valence-corrected chi connectivity index (χ2v) is 5.46. The van der Waals surface area contributed by atoms with Gasteiger partial charge >= 0.3 is 0 Å². The van der Waals surface area contributed by atoms with Crippen molar-refractivity contribution in [1.29, 1.82) is 0 Å². The van der Waals surface area contributed by atoms with Gasteiger partial charge in [-0.25, -0.2) is 0 Å². The Balaban J connectivity index is 1.67. The van der Waals surface area contributed by atoms with Gasteiger partial charge in [0, 0.05) is 12.6 Å². The number of nitrogens with one attached hydrogen (secondary N) is 1. The summed E-state index contributed by atoms with van der Waals surface area (Å²) in [5, 5.41) is 22.5. The fourth-order valence-corrected chi connectivity index (χ4v) is 2.16. The van der Waals surface area contributed by atoms with Crippen LogP contribution >= 0.6 is 0 Å². The minimum absolute atomic E-state index is 0.232. The first-order valence-electron chi connectivity index (χ1n) is 7.50. The van der Waals surface area contributed by atoms with Gasteiger partial charge in [0.1, 0.15) is 24.2 Å². The highest BCUT2D eigenvalue weighted by Crippen LogP contribution is 2.11. The first kappa shape index (κ1) is 16.3. The van der Waals surface area contributed by atoms with Crippen LogP contribution in [0.5, 0.6) is 11.5 Å². The summed E-state index contributed by atoms with van der Waals surface area (Å²) in [6.45, 7) is 2.81. The third kappa shape index (κ3) is 5.76. The van der Waals surface area contributed by atoms with Gasteiger partial charge in [-0.3, -0.25) is 0 Å². The molecule has 2 aromatic rings. The van der Waals surface area contributed by atoms with E-state index >= 15 is 0 Å². The Hall–Kier alpha value is -2.04. The second kappa shape index (κ2) is 8.41. The number of aromatic hydroxyl groups is 1. The molecule has 4 heteroatoms. The second-order valence-electron chi connectivity index (χ2n) is 5.46. The lowest BCUT2D eigenvalue weighted by atomic mass is 10.1. The molecular weight excluding hydrogens is 278 g/mol. The number of ether oxygens (including phenoxy) is 1. The SMILES string of the molecule is C[C@H](Cc1ccc(O)cc1)NCC(O)COc1ccccc1. The Morgan fingerprint density at radius 2 is 1.73 bits per heavy atom. The molecule has 0 saturated heterocycles. The fraction of sp³-hybridized carbons (Fsp3) is 0.333. The molecule has 0 saturated carbocycles. The number of para-hydroxylation sites is 1. The van der Waals surface area contributed by atoms with Crippen molar-refractivity contribution in [2.75, 3.05) is 13.2 Å². The Labute approximate surface area is 131 Å². The van der Waals surface area contributed by atoms with E-state index in [2.05, 4.69) is 12.2 Å². The van der Waals surface area contributed by atoms with Crippen LogP contribution in [0, 0.1) is 0 Å². The quantitative estimate of drug-likeness (QED) is 0.700. The van der Waals surface area contributed by atoms with Crippen LogP contribution in [0.15, 0.2) is 54.6 Å². The van der Waals surface area contributed by atoms with Gasteiger partial charge in [0.2, 0.25) is 0 Å². The highest BCUT2D eigenvalue weighted by molar-refractivity contribution is 5.26. The number of benzene rings is 2. The van der Waals surface area contributed by atoms with E-state index in [-0.39, 0.29) is 18.4 Å². The van der Waals surface area contributed by atoms with Gasteiger partial charge < -0.3 is 20.3 Å². The van der Waals surface area contributed by atoms with Crippen molar-refractivity contribution in [1.82, 2.24) is 5.32 Å². The molecule has 2 atom stereocenters. The minimum Gasteiger partial charge on any atom is -0.508 e. The maximum Gasteiger partial charge on any atom is 0.119 e. The number of aliphatic hydroxyl groups excluding tert-OH is 1. The van der Waals surface area contributed by atoms with E-state index < -0.39 is 6.10 Å². The Morgan fingerprint density at radius 3 is 2.41 bits per heavy atom. The highest BCUT2D eigenvalue weighted by atomic mass is 16.5. The molecule has 0 spiro atoms. The molecule has 118 valence electrons. The summed E-state index contributed by atoms with van der Waals surface area (Å²) in [5.74, 6) is 1.04. The van der Waals surface area contributed by atoms with Gasteiger partial charge in [-0.2, -0.15) is 0 Å². The Bertz CT molecular complexity index is 542. The van der Waals surface area contributed by atoms with Crippen molar-refractivity contribution >= 4 is 0 Å². The molecule has 0 bridgehead atoms. The summed E-state index contributed by atoms with van der Waals surface area (Å²) in [5.41, 5.74) is 1.15. The monoisotopic (exact) mass is 301 g/mol. The van der Waals surface area contributed by atoms with E-state index in [1.165, 1.54) is 0 Å². The van der Waals surface area contributed by atoms with Gasteiger partial charge in [0.15, 0.2) is 0 Å². The molecule has 22 heavy (non-hydrogen) atoms. The number of aliphatic hydroxyl groups is 1. The predicted octanol–water partition coefficient (Wildman–Crippen LogP) is 2.35. The van der Waals surface area contributed by atoms with Crippen molar-refractivity contribution in [3.63, 3.8) is 0 Å². The molecule has 0 fully saturated rings. The van der Waals surface area contributed by atoms with Crippen molar-refractivity contribution in [3.05, 3.63) is 60.2 Å². The van der Waals surface area contributed by atoms with E-state index in [0.29, 0.717) is 6.54 Å². The van der Waals surface area contributed by atoms with Crippen molar-refractivity contribution in [2.45, 2.75) is 25.5 Å². The lowest BCUT2D eigenvalue weighted by molar-refractivity contribution is 0.104. The number of hydrogen-bond donors (Lipinski definition) is 3. The standard InChI is InChI=1S/C18H23NO3/c1-14(11-15-7-9-16(20)10-8-15)19-12-17(21)13-22-18-5-3-2-4-6-18/h2-10,14,17,19-21H,11-13H2,1H3/t14-,17?/m1/s1. The van der Waals surface area contributed by atoms with E-state index in [0.717, 1.165) is 17.7 Å². The van der Waals surface area contributed by atoms with Crippen LogP contribution in [0.2, 0.25) is 0 Å². The molecule has 0 aromatic heterocycles. The van der Waals surface area contributed by atoms with Crippen molar-refractivity contribution in [2.24, 2.45) is 0 Å². The molecule has 3 N–H and O–H groups in total. The lowest BCUT2D eigenvalue weighted by Crippen LogP contribution is -2.37. The minimum atomic E-state index is -0.553. The zero-order chi connectivity index (χ0) is 15.8. The van der Waals surface area contributed by atoms with Gasteiger partial charge in [-0.1, -0.05) is 30.3 Å². The largest absolute Gasteiger partial charge is 0.508 e. The molecule has 0 aliphatic heterocycles. The van der Waals surface area contributed by atoms with E-state index in [1.807, 2.05) is 42.5 Å². The molecule has 4 nitrogen and oxygen atoms in total. The normalized spacial score (nSPS) is 13.5. The molecule has 0 aliphatic carbocycles. The van der Waals surface area contributed by atoms with Crippen LogP contribution < -0.4 is 10.1 Å². The lowest BCUT2D eigenvalue weighted by Gasteiger charge is -2.17. The summed E-state index contributed by atoms with van der Waals surface area (Å²) in [6, 6.07) is 16.9. The molecule has 0 aliphatic rings. The summed E-state index contributed by atoms with van der Waals surface area (Å²) < 4.78 is 5.51. The van der Waals surface area contributed by atoms with E-state index in [4.69, 9.17) is 4.74 Å². The fourth-order valence-electron chi connectivity index (χ4n) is 2.16. The number of phenolic OH excluding ortho intramolecular Hbond substituents is 1.